The lowest BCUT2D eigenvalue weighted by molar-refractivity contribution is 0.403. The van der Waals surface area contributed by atoms with Crippen LogP contribution in [0.4, 0.5) is 0 Å². The zero-order chi connectivity index (χ0) is 10.2. The van der Waals surface area contributed by atoms with Crippen LogP contribution in [-0.4, -0.2) is 22.2 Å². The van der Waals surface area contributed by atoms with Crippen molar-refractivity contribution < 1.29 is 21.6 Å². The predicted octanol–water partition coefficient (Wildman–Crippen LogP) is 0.149. The smallest absolute Gasteiger partial charge is 0.283 e. The maximum Gasteiger partial charge on any atom is 0.283 e. The van der Waals surface area contributed by atoms with Gasteiger partial charge in [0.1, 0.15) is 0 Å². The van der Waals surface area contributed by atoms with E-state index in [1.165, 1.54) is 6.92 Å². The Hall–Kier alpha value is -0.440. The van der Waals surface area contributed by atoms with Crippen LogP contribution in [-0.2, 0) is 20.1 Å². The van der Waals surface area contributed by atoms with Gasteiger partial charge in [-0.1, -0.05) is 0 Å². The molecule has 0 radical (unpaired) electrons. The van der Waals surface area contributed by atoms with Gasteiger partial charge in [0.2, 0.25) is 10.1 Å². The third-order valence-electron chi connectivity index (χ3n) is 1.06. The van der Waals surface area contributed by atoms with Gasteiger partial charge in [0.25, 0.3) is 9.05 Å². The first-order valence-electron chi connectivity index (χ1n) is 2.83. The van der Waals surface area contributed by atoms with E-state index in [1.807, 2.05) is 0 Å². The van der Waals surface area contributed by atoms with Crippen LogP contribution in [0.2, 0.25) is 0 Å². The Kier molecular flexibility index (Phi) is 2.76. The summed E-state index contributed by atoms with van der Waals surface area (Å²) >= 11 is -2.81. The molecule has 9 heteroatoms. The van der Waals surface area contributed by atoms with Crippen LogP contribution >= 0.6 is 10.7 Å². The average Bonchev–Trinajstić information content (AvgIpc) is 2.29. The summed E-state index contributed by atoms with van der Waals surface area (Å²) in [5, 5.41) is -1.55. The van der Waals surface area contributed by atoms with E-state index in [4.69, 9.17) is 10.7 Å². The first-order valence-corrected chi connectivity index (χ1v) is 6.22. The number of nitrogens with zero attached hydrogens (tertiary/aromatic N) is 1. The van der Waals surface area contributed by atoms with Crippen LogP contribution in [0.15, 0.2) is 14.5 Å². The fraction of sp³-hybridized carbons (Fsp3) is 0.250. The van der Waals surface area contributed by atoms with Gasteiger partial charge in [-0.3, -0.25) is 4.21 Å². The summed E-state index contributed by atoms with van der Waals surface area (Å²) in [5.74, 6) is -0.0848. The second-order valence-electron chi connectivity index (χ2n) is 2.00. The number of rotatable bonds is 2. The molecule has 0 N–H and O–H groups in total. The van der Waals surface area contributed by atoms with Crippen molar-refractivity contribution in [2.45, 2.75) is 17.0 Å². The van der Waals surface area contributed by atoms with Crippen LogP contribution in [0, 0.1) is 6.92 Å². The fourth-order valence-electron chi connectivity index (χ4n) is 0.649. The van der Waals surface area contributed by atoms with Gasteiger partial charge in [-0.05, 0) is 0 Å². The van der Waals surface area contributed by atoms with Crippen LogP contribution < -0.4 is 0 Å². The van der Waals surface area contributed by atoms with Gasteiger partial charge in [0.15, 0.2) is 5.89 Å². The van der Waals surface area contributed by atoms with Gasteiger partial charge in [-0.2, -0.15) is 4.98 Å². The molecular formula is C4H3ClNO5S2-. The minimum atomic E-state index is -4.18. The molecule has 0 saturated heterocycles. The largest absolute Gasteiger partial charge is 0.766 e. The molecule has 0 fully saturated rings. The quantitative estimate of drug-likeness (QED) is 0.542. The molecule has 1 rings (SSSR count). The van der Waals surface area contributed by atoms with Crippen LogP contribution in [0.1, 0.15) is 5.89 Å². The second-order valence-corrected chi connectivity index (χ2v) is 5.32. The van der Waals surface area contributed by atoms with Crippen molar-refractivity contribution >= 4 is 30.8 Å². The minimum absolute atomic E-state index is 0.0848. The Morgan fingerprint density at radius 2 is 2.15 bits per heavy atom. The Labute approximate surface area is 80.6 Å². The van der Waals surface area contributed by atoms with Crippen molar-refractivity contribution in [1.82, 2.24) is 4.98 Å². The first kappa shape index (κ1) is 10.6. The molecular weight excluding hydrogens is 242 g/mol. The summed E-state index contributed by atoms with van der Waals surface area (Å²) in [7, 11) is 0.714. The lowest BCUT2D eigenvalue weighted by Crippen LogP contribution is -1.97. The molecule has 74 valence electrons. The Morgan fingerprint density at radius 3 is 2.46 bits per heavy atom. The van der Waals surface area contributed by atoms with E-state index in [1.54, 1.807) is 0 Å². The first-order chi connectivity index (χ1) is 5.82. The van der Waals surface area contributed by atoms with Crippen molar-refractivity contribution in [3.05, 3.63) is 5.89 Å². The highest BCUT2D eigenvalue weighted by atomic mass is 35.7. The lowest BCUT2D eigenvalue weighted by Gasteiger charge is -1.99. The maximum atomic E-state index is 10.7. The van der Waals surface area contributed by atoms with Gasteiger partial charge >= 0.3 is 0 Å². The monoisotopic (exact) mass is 244 g/mol. The van der Waals surface area contributed by atoms with Gasteiger partial charge in [0, 0.05) is 28.7 Å². The van der Waals surface area contributed by atoms with Gasteiger partial charge in [-0.15, -0.1) is 0 Å². The number of oxazole rings is 1. The van der Waals surface area contributed by atoms with Gasteiger partial charge in [0.05, 0.1) is 0 Å². The summed E-state index contributed by atoms with van der Waals surface area (Å²) in [6, 6.07) is 0. The number of hydrogen-bond acceptors (Lipinski definition) is 6. The molecule has 0 amide bonds. The van der Waals surface area contributed by atoms with Crippen LogP contribution in [0.3, 0.4) is 0 Å². The summed E-state index contributed by atoms with van der Waals surface area (Å²) in [6.07, 6.45) is 0. The van der Waals surface area contributed by atoms with Gasteiger partial charge in [-0.25, -0.2) is 8.42 Å². The number of aromatic nitrogens is 1. The molecule has 6 nitrogen and oxygen atoms in total. The minimum Gasteiger partial charge on any atom is -0.766 e. The molecule has 0 aliphatic heterocycles. The normalized spacial score (nSPS) is 14.4. The topological polar surface area (TPSA) is 100 Å². The van der Waals surface area contributed by atoms with Gasteiger partial charge < -0.3 is 8.97 Å². The summed E-state index contributed by atoms with van der Waals surface area (Å²) in [5.41, 5.74) is 0. The molecule has 0 saturated carbocycles. The van der Waals surface area contributed by atoms with Crippen LogP contribution in [0.5, 0.6) is 0 Å². The molecule has 1 atom stereocenters. The number of aryl methyl sites for hydroxylation is 1. The van der Waals surface area contributed by atoms with Crippen molar-refractivity contribution in [2.75, 3.05) is 0 Å². The van der Waals surface area contributed by atoms with E-state index in [0.29, 0.717) is 0 Å². The molecule has 0 aromatic carbocycles. The maximum absolute atomic E-state index is 10.7. The van der Waals surface area contributed by atoms with E-state index in [2.05, 4.69) is 9.40 Å². The Bertz CT molecular complexity index is 449. The molecule has 1 aromatic heterocycles. The lowest BCUT2D eigenvalue weighted by atomic mass is 10.8. The highest BCUT2D eigenvalue weighted by Crippen LogP contribution is 2.22. The van der Waals surface area contributed by atoms with Crippen LogP contribution in [0.25, 0.3) is 0 Å². The fourth-order valence-corrected chi connectivity index (χ4v) is 2.49. The van der Waals surface area contributed by atoms with Crippen molar-refractivity contribution in [2.24, 2.45) is 0 Å². The SMILES string of the molecule is Cc1nc(S(=O)(=O)Cl)c(S(=O)[O-])o1. The molecule has 0 bridgehead atoms. The molecule has 1 aromatic rings. The number of halogens is 1. The summed E-state index contributed by atoms with van der Waals surface area (Å²) in [6.45, 7) is 1.31. The van der Waals surface area contributed by atoms with E-state index in [-0.39, 0.29) is 5.89 Å². The van der Waals surface area contributed by atoms with E-state index in [0.717, 1.165) is 0 Å². The molecule has 0 aliphatic carbocycles. The average molecular weight is 245 g/mol. The van der Waals surface area contributed by atoms with Crippen molar-refractivity contribution in [1.29, 1.82) is 0 Å². The van der Waals surface area contributed by atoms with E-state index in [9.17, 15) is 17.2 Å². The third-order valence-corrected chi connectivity index (χ3v) is 2.94. The Balaban J connectivity index is 3.46. The Morgan fingerprint density at radius 1 is 1.62 bits per heavy atom. The predicted molar refractivity (Wildman–Crippen MR) is 41.5 cm³/mol. The van der Waals surface area contributed by atoms with E-state index >= 15 is 0 Å². The molecule has 13 heavy (non-hydrogen) atoms. The molecule has 0 aliphatic rings. The molecule has 1 heterocycles. The summed E-state index contributed by atoms with van der Waals surface area (Å²) < 4.78 is 46.8. The highest BCUT2D eigenvalue weighted by molar-refractivity contribution is 8.13. The second kappa shape index (κ2) is 3.37. The highest BCUT2D eigenvalue weighted by Gasteiger charge is 2.23. The third kappa shape index (κ3) is 2.27. The molecule has 0 spiro atoms. The summed E-state index contributed by atoms with van der Waals surface area (Å²) in [4.78, 5) is 3.32. The number of hydrogen-bond donors (Lipinski definition) is 0. The molecule has 1 unspecified atom stereocenters. The standard InChI is InChI=1S/C4H4ClNO5S2/c1-2-6-3(13(5,9)10)4(11-2)12(7)8/h1H3,(H,7,8)/p-1. The van der Waals surface area contributed by atoms with E-state index < -0.39 is 30.2 Å². The zero-order valence-corrected chi connectivity index (χ0v) is 8.57. The van der Waals surface area contributed by atoms with Crippen molar-refractivity contribution in [3.63, 3.8) is 0 Å². The van der Waals surface area contributed by atoms with Crippen molar-refractivity contribution in [3.8, 4) is 0 Å². The zero-order valence-electron chi connectivity index (χ0n) is 6.18.